The molecule has 1 fully saturated rings. The zero-order chi connectivity index (χ0) is 9.84. The Morgan fingerprint density at radius 1 is 1.46 bits per heavy atom. The quantitative estimate of drug-likeness (QED) is 0.717. The molecule has 2 atom stereocenters. The van der Waals surface area contributed by atoms with Gasteiger partial charge in [0.25, 0.3) is 0 Å². The fourth-order valence-electron chi connectivity index (χ4n) is 1.75. The Hall–Kier alpha value is -0.730. The highest BCUT2D eigenvalue weighted by Crippen LogP contribution is 2.24. The summed E-state index contributed by atoms with van der Waals surface area (Å²) in [5, 5.41) is 2.88. The Balaban J connectivity index is 2.21. The molecule has 0 aromatic carbocycles. The van der Waals surface area contributed by atoms with Gasteiger partial charge in [-0.1, -0.05) is 6.92 Å². The Bertz CT molecular complexity index is 180. The molecule has 0 aromatic heterocycles. The van der Waals surface area contributed by atoms with Crippen LogP contribution in [0.4, 0.5) is 4.79 Å². The monoisotopic (exact) mass is 185 g/mol. The number of carbonyl (C=O) groups excluding carboxylic acids is 1. The molecule has 0 saturated heterocycles. The minimum absolute atomic E-state index is 0.0289. The van der Waals surface area contributed by atoms with Crippen LogP contribution in [0.2, 0.25) is 0 Å². The first-order valence-electron chi connectivity index (χ1n) is 5.05. The van der Waals surface area contributed by atoms with Crippen LogP contribution < -0.4 is 5.32 Å². The number of hydrogen-bond acceptors (Lipinski definition) is 2. The fraction of sp³-hybridized carbons (Fsp3) is 0.900. The van der Waals surface area contributed by atoms with Crippen molar-refractivity contribution in [1.29, 1.82) is 0 Å². The second-order valence-electron chi connectivity index (χ2n) is 4.21. The molecular formula is C10H19NO2. The Morgan fingerprint density at radius 3 is 2.62 bits per heavy atom. The molecule has 0 bridgehead atoms. The van der Waals surface area contributed by atoms with E-state index in [2.05, 4.69) is 12.2 Å². The standard InChI is InChI=1S/C10H19NO2/c1-7(2)13-10(12)11-9-5-4-8(3)6-9/h7-9H,4-6H2,1-3H3,(H,11,12). The van der Waals surface area contributed by atoms with Crippen molar-refractivity contribution in [2.45, 2.75) is 52.2 Å². The number of hydrogen-bond donors (Lipinski definition) is 1. The predicted octanol–water partition coefficient (Wildman–Crippen LogP) is 2.31. The second-order valence-corrected chi connectivity index (χ2v) is 4.21. The normalized spacial score (nSPS) is 27.7. The summed E-state index contributed by atoms with van der Waals surface area (Å²) in [6.45, 7) is 5.93. The second kappa shape index (κ2) is 4.49. The SMILES string of the molecule is CC1CCC(NC(=O)OC(C)C)C1. The molecule has 0 aromatic rings. The Labute approximate surface area is 79.8 Å². The topological polar surface area (TPSA) is 38.3 Å². The maximum absolute atomic E-state index is 11.2. The van der Waals surface area contributed by atoms with Crippen molar-refractivity contribution in [2.24, 2.45) is 5.92 Å². The molecule has 3 heteroatoms. The van der Waals surface area contributed by atoms with Crippen molar-refractivity contribution in [1.82, 2.24) is 5.32 Å². The van der Waals surface area contributed by atoms with Gasteiger partial charge in [0.05, 0.1) is 6.10 Å². The average Bonchev–Trinajstić information content (AvgIpc) is 2.33. The first-order valence-corrected chi connectivity index (χ1v) is 5.05. The number of nitrogens with one attached hydrogen (secondary N) is 1. The molecule has 1 aliphatic carbocycles. The summed E-state index contributed by atoms with van der Waals surface area (Å²) in [5.74, 6) is 0.740. The van der Waals surface area contributed by atoms with Crippen molar-refractivity contribution in [2.75, 3.05) is 0 Å². The summed E-state index contributed by atoms with van der Waals surface area (Å²) in [7, 11) is 0. The molecule has 1 rings (SSSR count). The number of amides is 1. The van der Waals surface area contributed by atoms with Crippen LogP contribution in [0.3, 0.4) is 0 Å². The summed E-state index contributed by atoms with van der Waals surface area (Å²) in [4.78, 5) is 11.2. The van der Waals surface area contributed by atoms with Crippen LogP contribution in [0.25, 0.3) is 0 Å². The highest BCUT2D eigenvalue weighted by molar-refractivity contribution is 5.67. The zero-order valence-electron chi connectivity index (χ0n) is 8.67. The highest BCUT2D eigenvalue weighted by Gasteiger charge is 2.23. The van der Waals surface area contributed by atoms with Crippen LogP contribution in [0, 0.1) is 5.92 Å². The molecule has 0 spiro atoms. The van der Waals surface area contributed by atoms with Crippen LogP contribution in [0.5, 0.6) is 0 Å². The molecule has 1 N–H and O–H groups in total. The third-order valence-corrected chi connectivity index (χ3v) is 2.36. The van der Waals surface area contributed by atoms with Gasteiger partial charge in [-0.25, -0.2) is 4.79 Å². The molecule has 3 nitrogen and oxygen atoms in total. The molecular weight excluding hydrogens is 166 g/mol. The van der Waals surface area contributed by atoms with Gasteiger partial charge in [0.15, 0.2) is 0 Å². The first kappa shape index (κ1) is 10.4. The smallest absolute Gasteiger partial charge is 0.407 e. The molecule has 13 heavy (non-hydrogen) atoms. The summed E-state index contributed by atoms with van der Waals surface area (Å²) < 4.78 is 5.00. The molecule has 0 aliphatic heterocycles. The molecule has 76 valence electrons. The third kappa shape index (κ3) is 3.66. The lowest BCUT2D eigenvalue weighted by Crippen LogP contribution is -2.34. The Kier molecular flexibility index (Phi) is 3.58. The Morgan fingerprint density at radius 2 is 2.15 bits per heavy atom. The van der Waals surface area contributed by atoms with Crippen molar-refractivity contribution < 1.29 is 9.53 Å². The van der Waals surface area contributed by atoms with Gasteiger partial charge in [0.2, 0.25) is 0 Å². The van der Waals surface area contributed by atoms with Crippen molar-refractivity contribution in [3.8, 4) is 0 Å². The van der Waals surface area contributed by atoms with Gasteiger partial charge in [-0.15, -0.1) is 0 Å². The van der Waals surface area contributed by atoms with Gasteiger partial charge < -0.3 is 10.1 Å². The van der Waals surface area contributed by atoms with E-state index in [0.29, 0.717) is 6.04 Å². The molecule has 1 amide bonds. The summed E-state index contributed by atoms with van der Waals surface area (Å²) in [5.41, 5.74) is 0. The molecule has 1 aliphatic rings. The van der Waals surface area contributed by atoms with Crippen molar-refractivity contribution in [3.05, 3.63) is 0 Å². The average molecular weight is 185 g/mol. The summed E-state index contributed by atoms with van der Waals surface area (Å²) in [6, 6.07) is 0.334. The van der Waals surface area contributed by atoms with E-state index in [4.69, 9.17) is 4.74 Å². The van der Waals surface area contributed by atoms with Gasteiger partial charge >= 0.3 is 6.09 Å². The van der Waals surface area contributed by atoms with Crippen LogP contribution in [-0.2, 0) is 4.74 Å². The van der Waals surface area contributed by atoms with Crippen molar-refractivity contribution in [3.63, 3.8) is 0 Å². The fourth-order valence-corrected chi connectivity index (χ4v) is 1.75. The molecule has 0 radical (unpaired) electrons. The zero-order valence-corrected chi connectivity index (χ0v) is 8.67. The summed E-state index contributed by atoms with van der Waals surface area (Å²) >= 11 is 0. The van der Waals surface area contributed by atoms with Crippen LogP contribution >= 0.6 is 0 Å². The number of rotatable bonds is 2. The number of carbonyl (C=O) groups is 1. The van der Waals surface area contributed by atoms with Crippen LogP contribution in [0.1, 0.15) is 40.0 Å². The lowest BCUT2D eigenvalue weighted by molar-refractivity contribution is 0.112. The maximum Gasteiger partial charge on any atom is 0.407 e. The molecule has 0 heterocycles. The summed E-state index contributed by atoms with van der Waals surface area (Å²) in [6.07, 6.45) is 3.10. The van der Waals surface area contributed by atoms with E-state index in [9.17, 15) is 4.79 Å². The van der Waals surface area contributed by atoms with E-state index < -0.39 is 0 Å². The highest BCUT2D eigenvalue weighted by atomic mass is 16.6. The van der Waals surface area contributed by atoms with Gasteiger partial charge in [-0.2, -0.15) is 0 Å². The minimum Gasteiger partial charge on any atom is -0.447 e. The minimum atomic E-state index is -0.269. The molecule has 1 saturated carbocycles. The predicted molar refractivity (Wildman–Crippen MR) is 51.6 cm³/mol. The van der Waals surface area contributed by atoms with Crippen molar-refractivity contribution >= 4 is 6.09 Å². The van der Waals surface area contributed by atoms with Crippen LogP contribution in [0.15, 0.2) is 0 Å². The third-order valence-electron chi connectivity index (χ3n) is 2.36. The van der Waals surface area contributed by atoms with Gasteiger partial charge in [0.1, 0.15) is 0 Å². The van der Waals surface area contributed by atoms with E-state index in [-0.39, 0.29) is 12.2 Å². The maximum atomic E-state index is 11.2. The largest absolute Gasteiger partial charge is 0.447 e. The van der Waals surface area contributed by atoms with E-state index in [0.717, 1.165) is 18.8 Å². The van der Waals surface area contributed by atoms with E-state index in [1.54, 1.807) is 0 Å². The van der Waals surface area contributed by atoms with E-state index in [1.165, 1.54) is 6.42 Å². The lowest BCUT2D eigenvalue weighted by Gasteiger charge is -2.14. The molecule has 2 unspecified atom stereocenters. The first-order chi connectivity index (χ1) is 6.08. The van der Waals surface area contributed by atoms with Gasteiger partial charge in [-0.05, 0) is 39.0 Å². The van der Waals surface area contributed by atoms with E-state index in [1.807, 2.05) is 13.8 Å². The van der Waals surface area contributed by atoms with Gasteiger partial charge in [0, 0.05) is 6.04 Å². The number of alkyl carbamates (subject to hydrolysis) is 1. The van der Waals surface area contributed by atoms with E-state index >= 15 is 0 Å². The van der Waals surface area contributed by atoms with Crippen LogP contribution in [-0.4, -0.2) is 18.2 Å². The number of ether oxygens (including phenoxy) is 1. The van der Waals surface area contributed by atoms with Gasteiger partial charge in [-0.3, -0.25) is 0 Å². The lowest BCUT2D eigenvalue weighted by atomic mass is 10.1.